The highest BCUT2D eigenvalue weighted by Gasteiger charge is 2.19. The third-order valence-corrected chi connectivity index (χ3v) is 2.40. The van der Waals surface area contributed by atoms with E-state index >= 15 is 0 Å². The summed E-state index contributed by atoms with van der Waals surface area (Å²) in [6.07, 6.45) is 2.67. The number of hydrogen-bond acceptors (Lipinski definition) is 4. The molecule has 1 fully saturated rings. The standard InChI is InChI=1S/C9H15N5O/c1-13-5-7(10)9(12-13)14-4-2-3-11-8(15)6-14/h5H,2-4,6,10H2,1H3,(H,11,15). The van der Waals surface area contributed by atoms with E-state index in [1.165, 1.54) is 0 Å². The second-order valence-corrected chi connectivity index (χ2v) is 3.71. The van der Waals surface area contributed by atoms with Crippen LogP contribution in [-0.4, -0.2) is 35.3 Å². The summed E-state index contributed by atoms with van der Waals surface area (Å²) in [5.41, 5.74) is 6.43. The van der Waals surface area contributed by atoms with Crippen molar-refractivity contribution in [2.45, 2.75) is 6.42 Å². The first-order valence-electron chi connectivity index (χ1n) is 4.97. The molecule has 2 heterocycles. The van der Waals surface area contributed by atoms with Gasteiger partial charge in [-0.05, 0) is 6.42 Å². The van der Waals surface area contributed by atoms with Gasteiger partial charge < -0.3 is 16.0 Å². The molecule has 1 aromatic rings. The monoisotopic (exact) mass is 209 g/mol. The van der Waals surface area contributed by atoms with E-state index in [0.717, 1.165) is 19.5 Å². The number of nitrogens with zero attached hydrogens (tertiary/aromatic N) is 3. The van der Waals surface area contributed by atoms with E-state index in [9.17, 15) is 4.79 Å². The Kier molecular flexibility index (Phi) is 2.49. The maximum Gasteiger partial charge on any atom is 0.239 e. The zero-order chi connectivity index (χ0) is 10.8. The van der Waals surface area contributed by atoms with Crippen LogP contribution in [0.4, 0.5) is 11.5 Å². The summed E-state index contributed by atoms with van der Waals surface area (Å²) in [4.78, 5) is 13.3. The highest BCUT2D eigenvalue weighted by atomic mass is 16.2. The normalized spacial score (nSPS) is 17.4. The molecule has 0 unspecified atom stereocenters. The largest absolute Gasteiger partial charge is 0.394 e. The fourth-order valence-electron chi connectivity index (χ4n) is 1.73. The van der Waals surface area contributed by atoms with Crippen molar-refractivity contribution in [1.82, 2.24) is 15.1 Å². The molecule has 0 radical (unpaired) electrons. The molecule has 1 saturated heterocycles. The molecule has 1 amide bonds. The summed E-state index contributed by atoms with van der Waals surface area (Å²) in [6, 6.07) is 0. The van der Waals surface area contributed by atoms with Crippen LogP contribution in [0.1, 0.15) is 6.42 Å². The van der Waals surface area contributed by atoms with Crippen molar-refractivity contribution < 1.29 is 4.79 Å². The van der Waals surface area contributed by atoms with Gasteiger partial charge in [0.15, 0.2) is 5.82 Å². The van der Waals surface area contributed by atoms with E-state index in [1.54, 1.807) is 10.9 Å². The minimum absolute atomic E-state index is 0.0255. The molecule has 82 valence electrons. The van der Waals surface area contributed by atoms with Crippen molar-refractivity contribution in [2.75, 3.05) is 30.3 Å². The molecular weight excluding hydrogens is 194 g/mol. The Morgan fingerprint density at radius 3 is 3.07 bits per heavy atom. The Morgan fingerprint density at radius 2 is 2.40 bits per heavy atom. The number of nitrogen functional groups attached to an aromatic ring is 1. The third kappa shape index (κ3) is 2.03. The predicted octanol–water partition coefficient (Wildman–Crippen LogP) is -0.671. The molecule has 3 N–H and O–H groups in total. The summed E-state index contributed by atoms with van der Waals surface area (Å²) in [7, 11) is 1.82. The molecule has 0 aliphatic carbocycles. The summed E-state index contributed by atoms with van der Waals surface area (Å²) in [6.45, 7) is 1.86. The van der Waals surface area contributed by atoms with Crippen LogP contribution >= 0.6 is 0 Å². The van der Waals surface area contributed by atoms with Crippen molar-refractivity contribution >= 4 is 17.4 Å². The molecule has 0 saturated carbocycles. The number of nitrogens with two attached hydrogens (primary N) is 1. The molecule has 1 aliphatic rings. The first-order valence-corrected chi connectivity index (χ1v) is 4.97. The van der Waals surface area contributed by atoms with Gasteiger partial charge in [0.1, 0.15) is 0 Å². The first kappa shape index (κ1) is 9.82. The van der Waals surface area contributed by atoms with Gasteiger partial charge in [-0.3, -0.25) is 9.48 Å². The van der Waals surface area contributed by atoms with E-state index in [2.05, 4.69) is 10.4 Å². The first-order chi connectivity index (χ1) is 7.16. The zero-order valence-electron chi connectivity index (χ0n) is 8.73. The van der Waals surface area contributed by atoms with Crippen LogP contribution in [0.3, 0.4) is 0 Å². The lowest BCUT2D eigenvalue weighted by Gasteiger charge is -2.18. The number of aromatic nitrogens is 2. The molecule has 0 spiro atoms. The van der Waals surface area contributed by atoms with E-state index in [0.29, 0.717) is 18.1 Å². The van der Waals surface area contributed by atoms with Crippen LogP contribution in [0.5, 0.6) is 0 Å². The fourth-order valence-corrected chi connectivity index (χ4v) is 1.73. The molecule has 6 nitrogen and oxygen atoms in total. The van der Waals surface area contributed by atoms with Crippen LogP contribution < -0.4 is 16.0 Å². The second-order valence-electron chi connectivity index (χ2n) is 3.71. The van der Waals surface area contributed by atoms with Crippen molar-refractivity contribution in [3.8, 4) is 0 Å². The lowest BCUT2D eigenvalue weighted by atomic mass is 10.4. The maximum absolute atomic E-state index is 11.4. The minimum atomic E-state index is 0.0255. The van der Waals surface area contributed by atoms with Crippen LogP contribution in [0.25, 0.3) is 0 Å². The number of anilines is 2. The van der Waals surface area contributed by atoms with E-state index in [4.69, 9.17) is 5.73 Å². The molecular formula is C9H15N5O. The van der Waals surface area contributed by atoms with E-state index in [1.807, 2.05) is 11.9 Å². The quantitative estimate of drug-likeness (QED) is 0.643. The number of rotatable bonds is 1. The van der Waals surface area contributed by atoms with E-state index in [-0.39, 0.29) is 5.91 Å². The second kappa shape index (κ2) is 3.80. The van der Waals surface area contributed by atoms with Gasteiger partial charge in [0, 0.05) is 26.3 Å². The maximum atomic E-state index is 11.4. The van der Waals surface area contributed by atoms with Gasteiger partial charge in [-0.25, -0.2) is 0 Å². The fraction of sp³-hybridized carbons (Fsp3) is 0.556. The van der Waals surface area contributed by atoms with E-state index < -0.39 is 0 Å². The van der Waals surface area contributed by atoms with Crippen LogP contribution in [0, 0.1) is 0 Å². The van der Waals surface area contributed by atoms with Gasteiger partial charge in [0.2, 0.25) is 5.91 Å². The SMILES string of the molecule is Cn1cc(N)c(N2CCCNC(=O)C2)n1. The highest BCUT2D eigenvalue weighted by Crippen LogP contribution is 2.20. The number of amides is 1. The van der Waals surface area contributed by atoms with Gasteiger partial charge in [-0.1, -0.05) is 0 Å². The number of nitrogens with one attached hydrogen (secondary N) is 1. The van der Waals surface area contributed by atoms with Crippen molar-refractivity contribution in [3.63, 3.8) is 0 Å². The van der Waals surface area contributed by atoms with Crippen molar-refractivity contribution in [2.24, 2.45) is 7.05 Å². The lowest BCUT2D eigenvalue weighted by Crippen LogP contribution is -2.33. The number of hydrogen-bond donors (Lipinski definition) is 2. The minimum Gasteiger partial charge on any atom is -0.394 e. The number of carbonyl (C=O) groups excluding carboxylic acids is 1. The predicted molar refractivity (Wildman–Crippen MR) is 57.5 cm³/mol. The van der Waals surface area contributed by atoms with Crippen LogP contribution in [0.2, 0.25) is 0 Å². The van der Waals surface area contributed by atoms with Gasteiger partial charge in [-0.2, -0.15) is 5.10 Å². The molecule has 1 aromatic heterocycles. The molecule has 6 heteroatoms. The topological polar surface area (TPSA) is 76.2 Å². The molecule has 1 aliphatic heterocycles. The van der Waals surface area contributed by atoms with Gasteiger partial charge in [0.05, 0.1) is 12.2 Å². The summed E-state index contributed by atoms with van der Waals surface area (Å²) in [5, 5.41) is 7.06. The molecule has 0 bridgehead atoms. The Balaban J connectivity index is 2.21. The molecule has 0 aromatic carbocycles. The third-order valence-electron chi connectivity index (χ3n) is 2.40. The number of carbonyl (C=O) groups is 1. The van der Waals surface area contributed by atoms with Crippen molar-refractivity contribution in [1.29, 1.82) is 0 Å². The smallest absolute Gasteiger partial charge is 0.239 e. The molecule has 2 rings (SSSR count). The Labute approximate surface area is 88.0 Å². The average Bonchev–Trinajstić information content (AvgIpc) is 2.38. The highest BCUT2D eigenvalue weighted by molar-refractivity contribution is 5.82. The summed E-state index contributed by atoms with van der Waals surface area (Å²) < 4.78 is 1.66. The summed E-state index contributed by atoms with van der Waals surface area (Å²) in [5.74, 6) is 0.729. The average molecular weight is 209 g/mol. The Morgan fingerprint density at radius 1 is 1.60 bits per heavy atom. The molecule has 0 atom stereocenters. The number of aryl methyl sites for hydroxylation is 1. The summed E-state index contributed by atoms with van der Waals surface area (Å²) >= 11 is 0. The van der Waals surface area contributed by atoms with Crippen LogP contribution in [-0.2, 0) is 11.8 Å². The van der Waals surface area contributed by atoms with Gasteiger partial charge in [0.25, 0.3) is 0 Å². The zero-order valence-corrected chi connectivity index (χ0v) is 8.73. The van der Waals surface area contributed by atoms with Gasteiger partial charge >= 0.3 is 0 Å². The molecule has 15 heavy (non-hydrogen) atoms. The van der Waals surface area contributed by atoms with Gasteiger partial charge in [-0.15, -0.1) is 0 Å². The Hall–Kier alpha value is -1.72. The van der Waals surface area contributed by atoms with Crippen LogP contribution in [0.15, 0.2) is 6.20 Å². The van der Waals surface area contributed by atoms with Crippen molar-refractivity contribution in [3.05, 3.63) is 6.20 Å². The lowest BCUT2D eigenvalue weighted by molar-refractivity contribution is -0.119. The Bertz CT molecular complexity index is 373.